The van der Waals surface area contributed by atoms with Crippen molar-refractivity contribution < 1.29 is 14.6 Å². The van der Waals surface area contributed by atoms with Crippen molar-refractivity contribution in [2.75, 3.05) is 0 Å². The van der Waals surface area contributed by atoms with Crippen molar-refractivity contribution in [3.8, 4) is 0 Å². The Labute approximate surface area is 91.8 Å². The van der Waals surface area contributed by atoms with Crippen LogP contribution in [0.3, 0.4) is 0 Å². The lowest BCUT2D eigenvalue weighted by atomic mass is 10.00. The fraction of sp³-hybridized carbons (Fsp3) is 0.917. The predicted molar refractivity (Wildman–Crippen MR) is 58.5 cm³/mol. The molecule has 3 heteroatoms. The van der Waals surface area contributed by atoms with Gasteiger partial charge in [0.25, 0.3) is 0 Å². The Hall–Kier alpha value is -0.570. The number of aliphatic hydroxyl groups is 1. The van der Waals surface area contributed by atoms with E-state index < -0.39 is 0 Å². The summed E-state index contributed by atoms with van der Waals surface area (Å²) >= 11 is 0. The summed E-state index contributed by atoms with van der Waals surface area (Å²) in [6.45, 7) is 2.15. The average molecular weight is 214 g/mol. The molecular formula is C12H22O3. The minimum Gasteiger partial charge on any atom is -0.462 e. The zero-order chi connectivity index (χ0) is 11.1. The molecule has 1 fully saturated rings. The maximum absolute atomic E-state index is 11.0. The van der Waals surface area contributed by atoms with Crippen molar-refractivity contribution in [1.29, 1.82) is 0 Å². The standard InChI is InChI=1S/C12H22O3/c1-2-3-4-6-10(13)9-11-7-5-8-12(14)15-11/h10-11,13H,2-9H2,1H3/t10-,11+/m0/s1. The summed E-state index contributed by atoms with van der Waals surface area (Å²) in [6.07, 6.45) is 6.89. The molecule has 0 radical (unpaired) electrons. The van der Waals surface area contributed by atoms with Crippen LogP contribution < -0.4 is 0 Å². The van der Waals surface area contributed by atoms with E-state index in [1.54, 1.807) is 0 Å². The van der Waals surface area contributed by atoms with Crippen LogP contribution in [0.25, 0.3) is 0 Å². The Morgan fingerprint density at radius 3 is 3.00 bits per heavy atom. The van der Waals surface area contributed by atoms with Gasteiger partial charge in [-0.05, 0) is 19.3 Å². The molecule has 1 saturated heterocycles. The lowest BCUT2D eigenvalue weighted by Crippen LogP contribution is -2.27. The number of hydrogen-bond acceptors (Lipinski definition) is 3. The van der Waals surface area contributed by atoms with E-state index in [1.165, 1.54) is 12.8 Å². The van der Waals surface area contributed by atoms with Gasteiger partial charge in [-0.1, -0.05) is 26.2 Å². The molecule has 0 spiro atoms. The van der Waals surface area contributed by atoms with Gasteiger partial charge in [0.1, 0.15) is 6.10 Å². The second kappa shape index (κ2) is 6.83. The van der Waals surface area contributed by atoms with Crippen molar-refractivity contribution in [2.45, 2.75) is 70.5 Å². The number of esters is 1. The number of hydrogen-bond donors (Lipinski definition) is 1. The lowest BCUT2D eigenvalue weighted by molar-refractivity contribution is -0.155. The van der Waals surface area contributed by atoms with E-state index >= 15 is 0 Å². The first-order valence-electron chi connectivity index (χ1n) is 6.10. The monoisotopic (exact) mass is 214 g/mol. The number of carbonyl (C=O) groups excluding carboxylic acids is 1. The highest BCUT2D eigenvalue weighted by Gasteiger charge is 2.22. The molecule has 0 aromatic carbocycles. The molecule has 0 aromatic rings. The molecule has 0 aromatic heterocycles. The summed E-state index contributed by atoms with van der Waals surface area (Å²) < 4.78 is 5.16. The molecule has 0 unspecified atom stereocenters. The number of aliphatic hydroxyl groups excluding tert-OH is 1. The Balaban J connectivity index is 2.13. The molecule has 15 heavy (non-hydrogen) atoms. The molecule has 3 nitrogen and oxygen atoms in total. The van der Waals surface area contributed by atoms with Gasteiger partial charge >= 0.3 is 5.97 Å². The SMILES string of the molecule is CCCCC[C@H](O)C[C@H]1CCCC(=O)O1. The summed E-state index contributed by atoms with van der Waals surface area (Å²) in [5.74, 6) is -0.105. The highest BCUT2D eigenvalue weighted by molar-refractivity contribution is 5.70. The summed E-state index contributed by atoms with van der Waals surface area (Å²) in [5, 5.41) is 9.72. The van der Waals surface area contributed by atoms with E-state index in [4.69, 9.17) is 4.74 Å². The van der Waals surface area contributed by atoms with E-state index in [2.05, 4.69) is 6.92 Å². The number of ether oxygens (including phenoxy) is 1. The summed E-state index contributed by atoms with van der Waals surface area (Å²) in [6, 6.07) is 0. The summed E-state index contributed by atoms with van der Waals surface area (Å²) in [7, 11) is 0. The Morgan fingerprint density at radius 1 is 1.53 bits per heavy atom. The van der Waals surface area contributed by atoms with Crippen LogP contribution in [0.2, 0.25) is 0 Å². The van der Waals surface area contributed by atoms with Crippen molar-refractivity contribution in [2.24, 2.45) is 0 Å². The zero-order valence-corrected chi connectivity index (χ0v) is 9.58. The zero-order valence-electron chi connectivity index (χ0n) is 9.58. The van der Waals surface area contributed by atoms with Gasteiger partial charge in [-0.15, -0.1) is 0 Å². The summed E-state index contributed by atoms with van der Waals surface area (Å²) in [5.41, 5.74) is 0. The minimum atomic E-state index is -0.299. The van der Waals surface area contributed by atoms with Gasteiger partial charge in [0.15, 0.2) is 0 Å². The first-order valence-corrected chi connectivity index (χ1v) is 6.10. The first kappa shape index (κ1) is 12.5. The number of carbonyl (C=O) groups is 1. The van der Waals surface area contributed by atoms with Gasteiger partial charge in [0.05, 0.1) is 6.10 Å². The molecule has 0 amide bonds. The molecule has 88 valence electrons. The van der Waals surface area contributed by atoms with Crippen LogP contribution in [-0.2, 0) is 9.53 Å². The molecule has 1 rings (SSSR count). The lowest BCUT2D eigenvalue weighted by Gasteiger charge is -2.24. The average Bonchev–Trinajstić information content (AvgIpc) is 2.18. The van der Waals surface area contributed by atoms with Crippen molar-refractivity contribution in [3.63, 3.8) is 0 Å². The van der Waals surface area contributed by atoms with Gasteiger partial charge in [-0.2, -0.15) is 0 Å². The predicted octanol–water partition coefficient (Wildman–Crippen LogP) is 2.41. The van der Waals surface area contributed by atoms with E-state index in [-0.39, 0.29) is 18.2 Å². The fourth-order valence-electron chi connectivity index (χ4n) is 2.00. The van der Waals surface area contributed by atoms with Gasteiger partial charge in [-0.3, -0.25) is 4.79 Å². The third-order valence-corrected chi connectivity index (χ3v) is 2.88. The van der Waals surface area contributed by atoms with Crippen LogP contribution in [0.5, 0.6) is 0 Å². The van der Waals surface area contributed by atoms with Gasteiger partial charge in [-0.25, -0.2) is 0 Å². The van der Waals surface area contributed by atoms with Crippen LogP contribution in [0.4, 0.5) is 0 Å². The van der Waals surface area contributed by atoms with Crippen LogP contribution in [0.1, 0.15) is 58.3 Å². The van der Waals surface area contributed by atoms with Crippen molar-refractivity contribution >= 4 is 5.97 Å². The molecule has 1 aliphatic heterocycles. The Bertz CT molecular complexity index is 191. The van der Waals surface area contributed by atoms with Crippen LogP contribution >= 0.6 is 0 Å². The van der Waals surface area contributed by atoms with E-state index in [1.807, 2.05) is 0 Å². The van der Waals surface area contributed by atoms with Crippen LogP contribution in [-0.4, -0.2) is 23.3 Å². The third kappa shape index (κ3) is 5.17. The second-order valence-electron chi connectivity index (χ2n) is 4.39. The van der Waals surface area contributed by atoms with Gasteiger partial charge < -0.3 is 9.84 Å². The quantitative estimate of drug-likeness (QED) is 0.545. The number of rotatable bonds is 6. The Morgan fingerprint density at radius 2 is 2.33 bits per heavy atom. The molecule has 1 heterocycles. The molecule has 0 bridgehead atoms. The van der Waals surface area contributed by atoms with Crippen molar-refractivity contribution in [1.82, 2.24) is 0 Å². The number of unbranched alkanes of at least 4 members (excludes halogenated alkanes) is 2. The molecular weight excluding hydrogens is 192 g/mol. The smallest absolute Gasteiger partial charge is 0.306 e. The number of cyclic esters (lactones) is 1. The summed E-state index contributed by atoms with van der Waals surface area (Å²) in [4.78, 5) is 11.0. The van der Waals surface area contributed by atoms with Gasteiger partial charge in [0, 0.05) is 12.8 Å². The molecule has 1 aliphatic rings. The first-order chi connectivity index (χ1) is 7.22. The van der Waals surface area contributed by atoms with Gasteiger partial charge in [0.2, 0.25) is 0 Å². The minimum absolute atomic E-state index is 0.0390. The molecule has 0 aliphatic carbocycles. The highest BCUT2D eigenvalue weighted by Crippen LogP contribution is 2.19. The normalized spacial score (nSPS) is 23.6. The van der Waals surface area contributed by atoms with Crippen LogP contribution in [0, 0.1) is 0 Å². The van der Waals surface area contributed by atoms with Crippen molar-refractivity contribution in [3.05, 3.63) is 0 Å². The maximum atomic E-state index is 11.0. The van der Waals surface area contributed by atoms with Crippen LogP contribution in [0.15, 0.2) is 0 Å². The molecule has 2 atom stereocenters. The van der Waals surface area contributed by atoms with E-state index in [9.17, 15) is 9.90 Å². The molecule has 1 N–H and O–H groups in total. The fourth-order valence-corrected chi connectivity index (χ4v) is 2.00. The highest BCUT2D eigenvalue weighted by atomic mass is 16.5. The molecule has 0 saturated carbocycles. The van der Waals surface area contributed by atoms with E-state index in [0.717, 1.165) is 25.7 Å². The third-order valence-electron chi connectivity index (χ3n) is 2.88. The maximum Gasteiger partial charge on any atom is 0.306 e. The topological polar surface area (TPSA) is 46.5 Å². The second-order valence-corrected chi connectivity index (χ2v) is 4.39. The van der Waals surface area contributed by atoms with E-state index in [0.29, 0.717) is 12.8 Å². The largest absolute Gasteiger partial charge is 0.462 e. The Kier molecular flexibility index (Phi) is 5.69.